The zero-order chi connectivity index (χ0) is 14.2. The Balaban J connectivity index is 1.49. The molecule has 2 aromatic heterocycles. The number of nitrogens with one attached hydrogen (secondary N) is 2. The van der Waals surface area contributed by atoms with Crippen LogP contribution in [0.4, 0.5) is 0 Å². The minimum absolute atomic E-state index is 0.748. The molecule has 2 aromatic rings. The van der Waals surface area contributed by atoms with Gasteiger partial charge in [0.15, 0.2) is 5.76 Å². The summed E-state index contributed by atoms with van der Waals surface area (Å²) in [5.41, 5.74) is 2.25. The lowest BCUT2D eigenvalue weighted by Gasteiger charge is -2.34. The van der Waals surface area contributed by atoms with Crippen LogP contribution >= 0.6 is 0 Å². The Bertz CT molecular complexity index is 617. The molecule has 4 heterocycles. The van der Waals surface area contributed by atoms with Gasteiger partial charge in [0.05, 0.1) is 6.20 Å². The third-order valence-corrected chi connectivity index (χ3v) is 4.84. The Labute approximate surface area is 124 Å². The van der Waals surface area contributed by atoms with Gasteiger partial charge in [-0.05, 0) is 50.9 Å². The summed E-state index contributed by atoms with van der Waals surface area (Å²) < 4.78 is 5.73. The van der Waals surface area contributed by atoms with Crippen molar-refractivity contribution in [1.82, 2.24) is 20.4 Å². The fraction of sp³-hybridized carbons (Fsp3) is 0.562. The molecule has 21 heavy (non-hydrogen) atoms. The van der Waals surface area contributed by atoms with E-state index in [1.54, 1.807) is 0 Å². The summed E-state index contributed by atoms with van der Waals surface area (Å²) in [5, 5.41) is 10.9. The van der Waals surface area contributed by atoms with Gasteiger partial charge in [0, 0.05) is 24.7 Å². The molecular weight excluding hydrogens is 264 g/mol. The number of hydrogen-bond donors (Lipinski definition) is 2. The summed E-state index contributed by atoms with van der Waals surface area (Å²) in [4.78, 5) is 2.55. The van der Waals surface area contributed by atoms with E-state index in [2.05, 4.69) is 20.4 Å². The molecule has 0 spiro atoms. The third kappa shape index (κ3) is 2.51. The molecule has 2 atom stereocenters. The number of aromatic amines is 1. The van der Waals surface area contributed by atoms with Crippen LogP contribution in [-0.4, -0.2) is 40.8 Å². The smallest absolute Gasteiger partial charge is 0.152 e. The molecule has 0 bridgehead atoms. The molecule has 0 saturated carbocycles. The van der Waals surface area contributed by atoms with Crippen LogP contribution in [0.15, 0.2) is 22.7 Å². The normalized spacial score (nSPS) is 26.1. The maximum absolute atomic E-state index is 5.73. The van der Waals surface area contributed by atoms with Crippen LogP contribution < -0.4 is 5.32 Å². The number of aryl methyl sites for hydroxylation is 1. The van der Waals surface area contributed by atoms with E-state index in [1.807, 2.05) is 25.3 Å². The first-order chi connectivity index (χ1) is 10.3. The Morgan fingerprint density at radius 1 is 1.38 bits per heavy atom. The van der Waals surface area contributed by atoms with E-state index in [4.69, 9.17) is 4.42 Å². The van der Waals surface area contributed by atoms with Crippen molar-refractivity contribution in [3.8, 4) is 11.5 Å². The number of rotatable bonds is 3. The molecule has 2 aliphatic rings. The molecule has 0 unspecified atom stereocenters. The highest BCUT2D eigenvalue weighted by Gasteiger charge is 2.32. The van der Waals surface area contributed by atoms with E-state index < -0.39 is 0 Å². The summed E-state index contributed by atoms with van der Waals surface area (Å²) in [6.07, 6.45) is 4.51. The van der Waals surface area contributed by atoms with Crippen LogP contribution in [0.2, 0.25) is 0 Å². The van der Waals surface area contributed by atoms with E-state index in [1.165, 1.54) is 31.5 Å². The predicted molar refractivity (Wildman–Crippen MR) is 80.8 cm³/mol. The quantitative estimate of drug-likeness (QED) is 0.908. The first-order valence-electron chi connectivity index (χ1n) is 7.84. The molecule has 0 amide bonds. The van der Waals surface area contributed by atoms with E-state index in [0.29, 0.717) is 0 Å². The maximum Gasteiger partial charge on any atom is 0.152 e. The van der Waals surface area contributed by atoms with Gasteiger partial charge < -0.3 is 9.73 Å². The molecule has 112 valence electrons. The second-order valence-corrected chi connectivity index (χ2v) is 6.31. The van der Waals surface area contributed by atoms with Gasteiger partial charge in [0.2, 0.25) is 0 Å². The Kier molecular flexibility index (Phi) is 3.31. The summed E-state index contributed by atoms with van der Waals surface area (Å²) in [6, 6.07) is 4.76. The number of fused-ring (bicyclic) bond motifs is 1. The zero-order valence-electron chi connectivity index (χ0n) is 12.4. The van der Waals surface area contributed by atoms with Crippen molar-refractivity contribution in [2.24, 2.45) is 5.92 Å². The maximum atomic E-state index is 5.73. The molecule has 2 N–H and O–H groups in total. The lowest BCUT2D eigenvalue weighted by molar-refractivity contribution is 0.156. The van der Waals surface area contributed by atoms with Crippen LogP contribution in [0, 0.1) is 12.8 Å². The molecule has 0 aromatic carbocycles. The summed E-state index contributed by atoms with van der Waals surface area (Å²) in [7, 11) is 0. The molecular formula is C16H22N4O. The summed E-state index contributed by atoms with van der Waals surface area (Å²) >= 11 is 0. The van der Waals surface area contributed by atoms with Gasteiger partial charge in [-0.2, -0.15) is 5.10 Å². The number of nitrogens with zero attached hydrogens (tertiary/aromatic N) is 2. The van der Waals surface area contributed by atoms with Crippen molar-refractivity contribution in [2.45, 2.75) is 32.4 Å². The van der Waals surface area contributed by atoms with Crippen LogP contribution in [-0.2, 0) is 6.54 Å². The lowest BCUT2D eigenvalue weighted by atomic mass is 9.93. The zero-order valence-corrected chi connectivity index (χ0v) is 12.4. The van der Waals surface area contributed by atoms with Crippen LogP contribution in [0.5, 0.6) is 0 Å². The van der Waals surface area contributed by atoms with Crippen LogP contribution in [0.1, 0.15) is 24.2 Å². The number of H-pyrrole nitrogens is 1. The van der Waals surface area contributed by atoms with Crippen molar-refractivity contribution >= 4 is 0 Å². The molecule has 0 radical (unpaired) electrons. The monoisotopic (exact) mass is 286 g/mol. The van der Waals surface area contributed by atoms with Crippen LogP contribution in [0.3, 0.4) is 0 Å². The average molecular weight is 286 g/mol. The molecule has 4 rings (SSSR count). The first-order valence-corrected chi connectivity index (χ1v) is 7.84. The Morgan fingerprint density at radius 3 is 3.19 bits per heavy atom. The Morgan fingerprint density at radius 2 is 2.33 bits per heavy atom. The predicted octanol–water partition coefficient (Wildman–Crippen LogP) is 2.16. The summed E-state index contributed by atoms with van der Waals surface area (Å²) in [6.45, 7) is 6.47. The summed E-state index contributed by atoms with van der Waals surface area (Å²) in [5.74, 6) is 2.64. The molecule has 0 aliphatic carbocycles. The highest BCUT2D eigenvalue weighted by molar-refractivity contribution is 5.56. The van der Waals surface area contributed by atoms with E-state index in [9.17, 15) is 0 Å². The fourth-order valence-corrected chi connectivity index (χ4v) is 3.72. The molecule has 2 fully saturated rings. The average Bonchev–Trinajstić information content (AvgIpc) is 3.18. The van der Waals surface area contributed by atoms with Crippen LogP contribution in [0.25, 0.3) is 11.5 Å². The molecule has 5 nitrogen and oxygen atoms in total. The number of likely N-dealkylation sites (tertiary alicyclic amines) is 1. The number of aromatic nitrogens is 2. The second-order valence-electron chi connectivity index (χ2n) is 6.31. The standard InChI is InChI=1S/C16H22N4O/c1-11-2-3-15(21-11)16-13(8-18-19-16)10-20-7-5-14-12(9-20)4-6-17-14/h2-3,8,12,14,17H,4-7,9-10H2,1H3,(H,18,19)/t12-,14+/m1/s1. The lowest BCUT2D eigenvalue weighted by Crippen LogP contribution is -2.43. The van der Waals surface area contributed by atoms with E-state index in [-0.39, 0.29) is 0 Å². The highest BCUT2D eigenvalue weighted by atomic mass is 16.3. The van der Waals surface area contributed by atoms with Crippen molar-refractivity contribution in [3.05, 3.63) is 29.7 Å². The molecule has 5 heteroatoms. The minimum Gasteiger partial charge on any atom is -0.460 e. The van der Waals surface area contributed by atoms with Gasteiger partial charge in [0.25, 0.3) is 0 Å². The van der Waals surface area contributed by atoms with E-state index >= 15 is 0 Å². The first kappa shape index (κ1) is 13.1. The van der Waals surface area contributed by atoms with Gasteiger partial charge in [-0.25, -0.2) is 0 Å². The Hall–Kier alpha value is -1.59. The fourth-order valence-electron chi connectivity index (χ4n) is 3.72. The molecule has 2 saturated heterocycles. The number of furan rings is 1. The van der Waals surface area contributed by atoms with Gasteiger partial charge in [-0.15, -0.1) is 0 Å². The SMILES string of the molecule is Cc1ccc(-c2[nH]ncc2CN2CC[C@@H]3NCC[C@@H]3C2)o1. The van der Waals surface area contributed by atoms with Crippen molar-refractivity contribution in [3.63, 3.8) is 0 Å². The van der Waals surface area contributed by atoms with Gasteiger partial charge >= 0.3 is 0 Å². The highest BCUT2D eigenvalue weighted by Crippen LogP contribution is 2.28. The van der Waals surface area contributed by atoms with Crippen molar-refractivity contribution < 1.29 is 4.42 Å². The van der Waals surface area contributed by atoms with Gasteiger partial charge in [-0.3, -0.25) is 10.00 Å². The minimum atomic E-state index is 0.748. The van der Waals surface area contributed by atoms with E-state index in [0.717, 1.165) is 42.3 Å². The largest absolute Gasteiger partial charge is 0.460 e. The second kappa shape index (κ2) is 5.31. The number of hydrogen-bond acceptors (Lipinski definition) is 4. The van der Waals surface area contributed by atoms with Crippen molar-refractivity contribution in [2.75, 3.05) is 19.6 Å². The van der Waals surface area contributed by atoms with Gasteiger partial charge in [0.1, 0.15) is 11.5 Å². The number of piperidine rings is 1. The third-order valence-electron chi connectivity index (χ3n) is 4.84. The molecule has 2 aliphatic heterocycles. The van der Waals surface area contributed by atoms with Crippen molar-refractivity contribution in [1.29, 1.82) is 0 Å². The van der Waals surface area contributed by atoms with Gasteiger partial charge in [-0.1, -0.05) is 0 Å². The topological polar surface area (TPSA) is 57.1 Å².